The highest BCUT2D eigenvalue weighted by Crippen LogP contribution is 2.39. The highest BCUT2D eigenvalue weighted by molar-refractivity contribution is 8.00. The summed E-state index contributed by atoms with van der Waals surface area (Å²) < 4.78 is 5.15. The van der Waals surface area contributed by atoms with Gasteiger partial charge in [0, 0.05) is 46.7 Å². The molecular formula is C42H39N5O7S2. The number of nitrogens with one attached hydrogen (secondary N) is 3. The zero-order valence-corrected chi connectivity index (χ0v) is 32.3. The molecule has 0 spiro atoms. The molecule has 1 aliphatic heterocycles. The molecule has 286 valence electrons. The first kappa shape index (κ1) is 39.6. The number of nitro groups is 1. The highest BCUT2D eigenvalue weighted by Gasteiger charge is 2.31. The van der Waals surface area contributed by atoms with E-state index < -0.39 is 28.0 Å². The van der Waals surface area contributed by atoms with Crippen LogP contribution >= 0.6 is 23.1 Å². The lowest BCUT2D eigenvalue weighted by atomic mass is 10.0. The van der Waals surface area contributed by atoms with Crippen LogP contribution in [0.1, 0.15) is 55.6 Å². The van der Waals surface area contributed by atoms with Gasteiger partial charge in [-0.25, -0.2) is 4.79 Å². The van der Waals surface area contributed by atoms with Crippen LogP contribution in [-0.2, 0) is 33.8 Å². The van der Waals surface area contributed by atoms with E-state index in [0.717, 1.165) is 23.5 Å². The van der Waals surface area contributed by atoms with E-state index in [9.17, 15) is 29.3 Å². The van der Waals surface area contributed by atoms with Crippen molar-refractivity contribution in [3.8, 4) is 0 Å². The number of esters is 1. The van der Waals surface area contributed by atoms with Crippen molar-refractivity contribution in [2.75, 3.05) is 24.3 Å². The van der Waals surface area contributed by atoms with E-state index >= 15 is 0 Å². The monoisotopic (exact) mass is 789 g/mol. The number of nitro benzene ring substituents is 1. The number of thiophene rings is 1. The molecule has 12 nitrogen and oxygen atoms in total. The van der Waals surface area contributed by atoms with Crippen molar-refractivity contribution in [1.82, 2.24) is 10.2 Å². The SMILES string of the molecule is CCC(Sc1cccc(NC(=O)/C(=C\c2ccccc2[N+](=O)[O-])NC(=O)c2ccccc2)c1)C(=O)Nc1sc2c(c1C(=O)OC)CCN(Cc1ccccc1)C2. The number of para-hydroxylation sites is 1. The Morgan fingerprint density at radius 3 is 2.38 bits per heavy atom. The lowest BCUT2D eigenvalue weighted by molar-refractivity contribution is -0.385. The predicted octanol–water partition coefficient (Wildman–Crippen LogP) is 7.92. The van der Waals surface area contributed by atoms with Crippen LogP contribution in [0.5, 0.6) is 0 Å². The van der Waals surface area contributed by atoms with Gasteiger partial charge in [-0.2, -0.15) is 0 Å². The van der Waals surface area contributed by atoms with Gasteiger partial charge in [-0.15, -0.1) is 23.1 Å². The Labute approximate surface area is 332 Å². The van der Waals surface area contributed by atoms with E-state index in [1.54, 1.807) is 54.6 Å². The van der Waals surface area contributed by atoms with E-state index in [-0.39, 0.29) is 22.9 Å². The average Bonchev–Trinajstić information content (AvgIpc) is 3.57. The molecule has 1 aromatic heterocycles. The van der Waals surface area contributed by atoms with Gasteiger partial charge in [0.05, 0.1) is 28.4 Å². The Morgan fingerprint density at radius 2 is 1.66 bits per heavy atom. The summed E-state index contributed by atoms with van der Waals surface area (Å²) in [5.41, 5.74) is 2.85. The second-order valence-electron chi connectivity index (χ2n) is 12.8. The molecule has 1 aliphatic rings. The lowest BCUT2D eigenvalue weighted by Gasteiger charge is -2.27. The van der Waals surface area contributed by atoms with Crippen LogP contribution in [0.4, 0.5) is 16.4 Å². The fourth-order valence-electron chi connectivity index (χ4n) is 6.24. The maximum atomic E-state index is 13.8. The number of hydrogen-bond acceptors (Lipinski definition) is 10. The molecule has 1 atom stereocenters. The first-order chi connectivity index (χ1) is 27.1. The Morgan fingerprint density at radius 1 is 0.946 bits per heavy atom. The number of anilines is 2. The van der Waals surface area contributed by atoms with E-state index in [0.29, 0.717) is 46.1 Å². The number of amides is 3. The molecule has 0 fully saturated rings. The summed E-state index contributed by atoms with van der Waals surface area (Å²) in [5, 5.41) is 20.0. The van der Waals surface area contributed by atoms with Crippen LogP contribution in [0.25, 0.3) is 6.08 Å². The van der Waals surface area contributed by atoms with E-state index in [4.69, 9.17) is 4.74 Å². The molecule has 4 aromatic carbocycles. The number of hydrogen-bond donors (Lipinski definition) is 3. The summed E-state index contributed by atoms with van der Waals surface area (Å²) in [6.07, 6.45) is 2.37. The summed E-state index contributed by atoms with van der Waals surface area (Å²) in [5.74, 6) is -2.05. The molecule has 56 heavy (non-hydrogen) atoms. The van der Waals surface area contributed by atoms with Gasteiger partial charge in [-0.05, 0) is 66.4 Å². The van der Waals surface area contributed by atoms with Crippen molar-refractivity contribution in [3.05, 3.63) is 158 Å². The number of fused-ring (bicyclic) bond motifs is 1. The van der Waals surface area contributed by atoms with Crippen LogP contribution in [0.2, 0.25) is 0 Å². The third-order valence-electron chi connectivity index (χ3n) is 9.01. The van der Waals surface area contributed by atoms with Gasteiger partial charge in [0.2, 0.25) is 5.91 Å². The molecule has 6 rings (SSSR count). The summed E-state index contributed by atoms with van der Waals surface area (Å²) in [4.78, 5) is 68.8. The molecule has 0 saturated carbocycles. The summed E-state index contributed by atoms with van der Waals surface area (Å²) in [6.45, 7) is 4.07. The largest absolute Gasteiger partial charge is 0.465 e. The van der Waals surface area contributed by atoms with Crippen molar-refractivity contribution >= 4 is 69.2 Å². The van der Waals surface area contributed by atoms with Crippen LogP contribution in [0, 0.1) is 10.1 Å². The second-order valence-corrected chi connectivity index (χ2v) is 15.2. The third kappa shape index (κ3) is 9.76. The zero-order valence-electron chi connectivity index (χ0n) is 30.7. The minimum Gasteiger partial charge on any atom is -0.465 e. The molecule has 3 amide bonds. The Balaban J connectivity index is 1.18. The first-order valence-electron chi connectivity index (χ1n) is 17.8. The van der Waals surface area contributed by atoms with Crippen molar-refractivity contribution in [1.29, 1.82) is 0 Å². The summed E-state index contributed by atoms with van der Waals surface area (Å²) in [6, 6.07) is 31.3. The molecule has 0 saturated heterocycles. The minimum absolute atomic E-state index is 0.128. The number of benzene rings is 4. The molecule has 3 N–H and O–H groups in total. The van der Waals surface area contributed by atoms with Crippen molar-refractivity contribution in [2.24, 2.45) is 0 Å². The lowest BCUT2D eigenvalue weighted by Crippen LogP contribution is -2.30. The summed E-state index contributed by atoms with van der Waals surface area (Å²) in [7, 11) is 1.33. The van der Waals surface area contributed by atoms with E-state index in [1.807, 2.05) is 31.2 Å². The van der Waals surface area contributed by atoms with Crippen LogP contribution in [0.15, 0.2) is 120 Å². The Kier molecular flexibility index (Phi) is 13.1. The van der Waals surface area contributed by atoms with Crippen LogP contribution in [0.3, 0.4) is 0 Å². The van der Waals surface area contributed by atoms with Gasteiger partial charge in [0.1, 0.15) is 10.7 Å². The first-order valence-corrected chi connectivity index (χ1v) is 19.5. The topological polar surface area (TPSA) is 160 Å². The number of rotatable bonds is 14. The van der Waals surface area contributed by atoms with Gasteiger partial charge < -0.3 is 20.7 Å². The predicted molar refractivity (Wildman–Crippen MR) is 219 cm³/mol. The summed E-state index contributed by atoms with van der Waals surface area (Å²) >= 11 is 2.69. The molecule has 0 radical (unpaired) electrons. The fourth-order valence-corrected chi connectivity index (χ4v) is 8.53. The third-order valence-corrected chi connectivity index (χ3v) is 11.5. The molecule has 0 bridgehead atoms. The minimum atomic E-state index is -0.710. The zero-order chi connectivity index (χ0) is 39.6. The van der Waals surface area contributed by atoms with Gasteiger partial charge in [-0.3, -0.25) is 29.4 Å². The molecule has 5 aromatic rings. The van der Waals surface area contributed by atoms with Gasteiger partial charge >= 0.3 is 5.97 Å². The molecule has 2 heterocycles. The van der Waals surface area contributed by atoms with E-state index in [1.165, 1.54) is 60.0 Å². The molecular weight excluding hydrogens is 751 g/mol. The Hall–Kier alpha value is -6.09. The standard InChI is InChI=1S/C42H39N5O7S2/c1-3-35(40(50)45-41-37(42(51)54-2)32-21-22-46(26-36(32)56-41)25-27-13-6-4-7-14-27)55-31-19-12-18-30(24-31)43-39(49)33(44-38(48)28-15-8-5-9-16-28)23-29-17-10-11-20-34(29)47(52)53/h4-20,23-24,35H,3,21-22,25-26H2,1-2H3,(H,43,49)(H,44,48)(H,45,50)/b33-23+. The number of thioether (sulfide) groups is 1. The molecule has 14 heteroatoms. The number of carbonyl (C=O) groups is 4. The molecule has 0 aliphatic carbocycles. The Bertz CT molecular complexity index is 2280. The number of nitrogens with zero attached hydrogens (tertiary/aromatic N) is 2. The van der Waals surface area contributed by atoms with Gasteiger partial charge in [0.15, 0.2) is 0 Å². The second kappa shape index (κ2) is 18.5. The van der Waals surface area contributed by atoms with Crippen molar-refractivity contribution < 1.29 is 28.8 Å². The fraction of sp³-hybridized carbons (Fsp3) is 0.190. The molecule has 1 unspecified atom stereocenters. The highest BCUT2D eigenvalue weighted by atomic mass is 32.2. The van der Waals surface area contributed by atoms with Gasteiger partial charge in [-0.1, -0.05) is 73.7 Å². The number of ether oxygens (including phenoxy) is 1. The maximum Gasteiger partial charge on any atom is 0.341 e. The maximum absolute atomic E-state index is 13.8. The number of carbonyl (C=O) groups excluding carboxylic acids is 4. The smallest absolute Gasteiger partial charge is 0.341 e. The van der Waals surface area contributed by atoms with Crippen LogP contribution in [-0.4, -0.2) is 52.4 Å². The van der Waals surface area contributed by atoms with Crippen LogP contribution < -0.4 is 16.0 Å². The average molecular weight is 790 g/mol. The van der Waals surface area contributed by atoms with E-state index in [2.05, 4.69) is 33.0 Å². The quantitative estimate of drug-likeness (QED) is 0.0334. The number of methoxy groups -OCH3 is 1. The van der Waals surface area contributed by atoms with Crippen molar-refractivity contribution in [2.45, 2.75) is 43.0 Å². The normalized spacial score (nSPS) is 13.2. The van der Waals surface area contributed by atoms with Gasteiger partial charge in [0.25, 0.3) is 17.5 Å². The van der Waals surface area contributed by atoms with Crippen molar-refractivity contribution in [3.63, 3.8) is 0 Å².